The number of hydrogen-bond donors (Lipinski definition) is 1. The second-order valence-electron chi connectivity index (χ2n) is 4.33. The van der Waals surface area contributed by atoms with Crippen molar-refractivity contribution in [2.75, 3.05) is 13.1 Å². The van der Waals surface area contributed by atoms with E-state index in [4.69, 9.17) is 9.84 Å². The van der Waals surface area contributed by atoms with E-state index < -0.39 is 11.0 Å². The number of piperidine rings is 1. The van der Waals surface area contributed by atoms with E-state index in [-0.39, 0.29) is 24.2 Å². The molecule has 1 aromatic heterocycles. The minimum atomic E-state index is -1.01. The molecule has 1 aliphatic heterocycles. The Morgan fingerprint density at radius 2 is 2.42 bits per heavy atom. The highest BCUT2D eigenvalue weighted by Crippen LogP contribution is 2.28. The van der Waals surface area contributed by atoms with Crippen molar-refractivity contribution in [1.82, 2.24) is 14.7 Å². The van der Waals surface area contributed by atoms with Crippen molar-refractivity contribution in [1.29, 1.82) is 0 Å². The van der Waals surface area contributed by atoms with E-state index in [2.05, 4.69) is 5.10 Å². The van der Waals surface area contributed by atoms with Gasteiger partial charge < -0.3 is 14.7 Å². The highest BCUT2D eigenvalue weighted by atomic mass is 16.6. The SMILES string of the molecule is Cn1ncc([N+](=O)[O-])c1OC1CCCN(C(=O)O)C1. The Bertz CT molecular complexity index is 500. The molecule has 104 valence electrons. The van der Waals surface area contributed by atoms with Gasteiger partial charge in [0.2, 0.25) is 0 Å². The third kappa shape index (κ3) is 2.75. The van der Waals surface area contributed by atoms with Crippen LogP contribution in [-0.2, 0) is 7.05 Å². The molecule has 1 aliphatic rings. The summed E-state index contributed by atoms with van der Waals surface area (Å²) in [6.45, 7) is 0.667. The molecule has 1 fully saturated rings. The molecule has 1 N–H and O–H groups in total. The number of carboxylic acid groups (broad SMARTS) is 1. The van der Waals surface area contributed by atoms with E-state index in [1.54, 1.807) is 7.05 Å². The molecular weight excluding hydrogens is 256 g/mol. The molecule has 1 aromatic rings. The molecule has 9 nitrogen and oxygen atoms in total. The predicted octanol–water partition coefficient (Wildman–Crippen LogP) is 0.850. The van der Waals surface area contributed by atoms with E-state index in [0.717, 1.165) is 6.20 Å². The lowest BCUT2D eigenvalue weighted by atomic mass is 10.1. The number of aromatic nitrogens is 2. The Kier molecular flexibility index (Phi) is 3.54. The van der Waals surface area contributed by atoms with Gasteiger partial charge >= 0.3 is 11.8 Å². The smallest absolute Gasteiger partial charge is 0.407 e. The molecule has 0 radical (unpaired) electrons. The summed E-state index contributed by atoms with van der Waals surface area (Å²) in [5, 5.41) is 23.5. The van der Waals surface area contributed by atoms with Gasteiger partial charge in [-0.1, -0.05) is 0 Å². The average molecular weight is 270 g/mol. The van der Waals surface area contributed by atoms with E-state index in [1.807, 2.05) is 0 Å². The molecule has 1 amide bonds. The number of rotatable bonds is 3. The van der Waals surface area contributed by atoms with E-state index in [1.165, 1.54) is 9.58 Å². The van der Waals surface area contributed by atoms with Crippen LogP contribution in [-0.4, -0.2) is 50.0 Å². The van der Waals surface area contributed by atoms with Crippen LogP contribution in [0.1, 0.15) is 12.8 Å². The van der Waals surface area contributed by atoms with Crippen LogP contribution < -0.4 is 4.74 Å². The number of nitro groups is 1. The van der Waals surface area contributed by atoms with Crippen LogP contribution in [0.15, 0.2) is 6.20 Å². The molecule has 0 aromatic carbocycles. The molecule has 9 heteroatoms. The lowest BCUT2D eigenvalue weighted by Crippen LogP contribution is -2.43. The largest absolute Gasteiger partial charge is 0.468 e. The van der Waals surface area contributed by atoms with Crippen molar-refractivity contribution in [3.63, 3.8) is 0 Å². The van der Waals surface area contributed by atoms with Crippen LogP contribution in [0, 0.1) is 10.1 Å². The summed E-state index contributed by atoms with van der Waals surface area (Å²) in [5.74, 6) is 0.0576. The topological polar surface area (TPSA) is 111 Å². The Balaban J connectivity index is 2.10. The van der Waals surface area contributed by atoms with E-state index in [0.29, 0.717) is 19.4 Å². The zero-order chi connectivity index (χ0) is 14.0. The van der Waals surface area contributed by atoms with Crippen molar-refractivity contribution in [3.8, 4) is 5.88 Å². The lowest BCUT2D eigenvalue weighted by molar-refractivity contribution is -0.386. The monoisotopic (exact) mass is 270 g/mol. The molecule has 2 rings (SSSR count). The average Bonchev–Trinajstić information content (AvgIpc) is 2.71. The van der Waals surface area contributed by atoms with Crippen LogP contribution in [0.3, 0.4) is 0 Å². The first-order chi connectivity index (χ1) is 8.99. The van der Waals surface area contributed by atoms with Gasteiger partial charge in [-0.05, 0) is 12.8 Å². The quantitative estimate of drug-likeness (QED) is 0.643. The van der Waals surface area contributed by atoms with Crippen molar-refractivity contribution < 1.29 is 19.6 Å². The zero-order valence-corrected chi connectivity index (χ0v) is 10.4. The number of ether oxygens (including phenoxy) is 1. The van der Waals surface area contributed by atoms with Gasteiger partial charge in [-0.25, -0.2) is 9.48 Å². The second-order valence-corrected chi connectivity index (χ2v) is 4.33. The molecule has 1 atom stereocenters. The third-order valence-corrected chi connectivity index (χ3v) is 2.99. The first kappa shape index (κ1) is 13.1. The molecule has 0 saturated carbocycles. The van der Waals surface area contributed by atoms with Gasteiger partial charge in [-0.3, -0.25) is 10.1 Å². The molecule has 1 unspecified atom stereocenters. The first-order valence-electron chi connectivity index (χ1n) is 5.80. The highest BCUT2D eigenvalue weighted by molar-refractivity contribution is 5.65. The van der Waals surface area contributed by atoms with Crippen molar-refractivity contribution in [3.05, 3.63) is 16.3 Å². The lowest BCUT2D eigenvalue weighted by Gasteiger charge is -2.30. The minimum Gasteiger partial charge on any atom is -0.468 e. The molecule has 19 heavy (non-hydrogen) atoms. The van der Waals surface area contributed by atoms with Crippen molar-refractivity contribution >= 4 is 11.8 Å². The number of likely N-dealkylation sites (tertiary alicyclic amines) is 1. The summed E-state index contributed by atoms with van der Waals surface area (Å²) in [7, 11) is 1.54. The van der Waals surface area contributed by atoms with Crippen LogP contribution in [0.25, 0.3) is 0 Å². The maximum atomic E-state index is 10.9. The maximum absolute atomic E-state index is 10.9. The summed E-state index contributed by atoms with van der Waals surface area (Å²) in [5.41, 5.74) is -0.213. The number of amides is 1. The minimum absolute atomic E-state index is 0.0576. The third-order valence-electron chi connectivity index (χ3n) is 2.99. The molecule has 0 aliphatic carbocycles. The van der Waals surface area contributed by atoms with Crippen LogP contribution in [0.4, 0.5) is 10.5 Å². The van der Waals surface area contributed by atoms with E-state index in [9.17, 15) is 14.9 Å². The second kappa shape index (κ2) is 5.12. The zero-order valence-electron chi connectivity index (χ0n) is 10.4. The van der Waals surface area contributed by atoms with Gasteiger partial charge in [0.25, 0.3) is 5.88 Å². The Morgan fingerprint density at radius 3 is 3.05 bits per heavy atom. The summed E-state index contributed by atoms with van der Waals surface area (Å²) < 4.78 is 6.83. The molecule has 1 saturated heterocycles. The van der Waals surface area contributed by atoms with Crippen molar-refractivity contribution in [2.45, 2.75) is 18.9 Å². The van der Waals surface area contributed by atoms with Crippen LogP contribution in [0.5, 0.6) is 5.88 Å². The molecule has 0 spiro atoms. The van der Waals surface area contributed by atoms with Gasteiger partial charge in [0.15, 0.2) is 0 Å². The van der Waals surface area contributed by atoms with Gasteiger partial charge in [-0.2, -0.15) is 5.10 Å². The maximum Gasteiger partial charge on any atom is 0.407 e. The molecular formula is C10H14N4O5. The van der Waals surface area contributed by atoms with Gasteiger partial charge in [0.05, 0.1) is 11.5 Å². The number of nitrogens with zero attached hydrogens (tertiary/aromatic N) is 4. The number of hydrogen-bond acceptors (Lipinski definition) is 5. The standard InChI is InChI=1S/C10H14N4O5/c1-12-9(8(5-11-12)14(17)18)19-7-3-2-4-13(6-7)10(15)16/h5,7H,2-4,6H2,1H3,(H,15,16). The summed E-state index contributed by atoms with van der Waals surface area (Å²) in [6, 6.07) is 0. The Hall–Kier alpha value is -2.32. The van der Waals surface area contributed by atoms with Crippen molar-refractivity contribution in [2.24, 2.45) is 7.05 Å². The fourth-order valence-corrected chi connectivity index (χ4v) is 2.04. The normalized spacial score (nSPS) is 19.2. The Labute approximate surface area is 108 Å². The number of aryl methyl sites for hydroxylation is 1. The Morgan fingerprint density at radius 1 is 1.68 bits per heavy atom. The number of carbonyl (C=O) groups is 1. The van der Waals surface area contributed by atoms with Gasteiger partial charge in [0.1, 0.15) is 12.3 Å². The van der Waals surface area contributed by atoms with E-state index >= 15 is 0 Å². The summed E-state index contributed by atoms with van der Waals surface area (Å²) in [4.78, 5) is 22.4. The fraction of sp³-hybridized carbons (Fsp3) is 0.600. The highest BCUT2D eigenvalue weighted by Gasteiger charge is 2.28. The van der Waals surface area contributed by atoms with Crippen LogP contribution >= 0.6 is 0 Å². The predicted molar refractivity (Wildman–Crippen MR) is 63.1 cm³/mol. The van der Waals surface area contributed by atoms with Gasteiger partial charge in [0, 0.05) is 13.6 Å². The van der Waals surface area contributed by atoms with Gasteiger partial charge in [-0.15, -0.1) is 0 Å². The molecule has 0 bridgehead atoms. The fourth-order valence-electron chi connectivity index (χ4n) is 2.04. The summed E-state index contributed by atoms with van der Waals surface area (Å²) in [6.07, 6.45) is 1.05. The summed E-state index contributed by atoms with van der Waals surface area (Å²) >= 11 is 0. The molecule has 2 heterocycles. The first-order valence-corrected chi connectivity index (χ1v) is 5.80. The van der Waals surface area contributed by atoms with Crippen LogP contribution in [0.2, 0.25) is 0 Å².